The third-order valence-electron chi connectivity index (χ3n) is 3.94. The van der Waals surface area contributed by atoms with Crippen LogP contribution in [0.15, 0.2) is 60.1 Å². The molecule has 24 heavy (non-hydrogen) atoms. The van der Waals surface area contributed by atoms with Crippen molar-refractivity contribution in [2.75, 3.05) is 0 Å². The van der Waals surface area contributed by atoms with Gasteiger partial charge in [-0.2, -0.15) is 0 Å². The summed E-state index contributed by atoms with van der Waals surface area (Å²) < 4.78 is 0. The van der Waals surface area contributed by atoms with Gasteiger partial charge in [0.1, 0.15) is 0 Å². The molecule has 1 N–H and O–H groups in total. The van der Waals surface area contributed by atoms with Crippen molar-refractivity contribution in [3.05, 3.63) is 76.9 Å². The quantitative estimate of drug-likeness (QED) is 0.745. The van der Waals surface area contributed by atoms with Gasteiger partial charge >= 0.3 is 0 Å². The van der Waals surface area contributed by atoms with Gasteiger partial charge in [-0.1, -0.05) is 23.8 Å². The Bertz CT molecular complexity index is 839. The highest BCUT2D eigenvalue weighted by atomic mass is 32.1. The Labute approximate surface area is 146 Å². The van der Waals surface area contributed by atoms with Crippen LogP contribution in [0.3, 0.4) is 0 Å². The summed E-state index contributed by atoms with van der Waals surface area (Å²) in [5, 5.41) is 5.14. The number of nitrogens with one attached hydrogen (secondary N) is 1. The lowest BCUT2D eigenvalue weighted by molar-refractivity contribution is 0.0911. The first kappa shape index (κ1) is 16.4. The topological polar surface area (TPSA) is 42.0 Å². The van der Waals surface area contributed by atoms with E-state index in [-0.39, 0.29) is 5.91 Å². The Hall–Kier alpha value is -2.46. The van der Waals surface area contributed by atoms with Crippen molar-refractivity contribution >= 4 is 17.2 Å². The number of hydrogen-bond acceptors (Lipinski definition) is 3. The molecule has 0 aliphatic rings. The highest BCUT2D eigenvalue weighted by molar-refractivity contribution is 7.13. The van der Waals surface area contributed by atoms with E-state index in [4.69, 9.17) is 0 Å². The average Bonchev–Trinajstić information content (AvgIpc) is 3.09. The average molecular weight is 336 g/mol. The van der Waals surface area contributed by atoms with Gasteiger partial charge in [0.05, 0.1) is 11.2 Å². The molecule has 0 saturated heterocycles. The fourth-order valence-corrected chi connectivity index (χ4v) is 3.40. The van der Waals surface area contributed by atoms with Crippen molar-refractivity contribution in [1.29, 1.82) is 0 Å². The summed E-state index contributed by atoms with van der Waals surface area (Å²) in [6, 6.07) is 15.7. The number of hydrogen-bond donors (Lipinski definition) is 1. The van der Waals surface area contributed by atoms with Gasteiger partial charge in [0.15, 0.2) is 0 Å². The van der Waals surface area contributed by atoms with E-state index in [1.54, 1.807) is 17.5 Å². The maximum atomic E-state index is 12.9. The van der Waals surface area contributed by atoms with E-state index >= 15 is 0 Å². The van der Waals surface area contributed by atoms with Gasteiger partial charge in [-0.3, -0.25) is 9.78 Å². The number of pyridine rings is 1. The Morgan fingerprint density at radius 3 is 2.62 bits per heavy atom. The number of rotatable bonds is 4. The van der Waals surface area contributed by atoms with Crippen LogP contribution in [0.25, 0.3) is 10.4 Å². The molecule has 0 spiro atoms. The molecule has 0 atom stereocenters. The number of nitrogens with zero attached hydrogens (tertiary/aromatic N) is 1. The number of carbonyl (C=O) groups excluding carboxylic acids is 1. The van der Waals surface area contributed by atoms with Crippen molar-refractivity contribution in [2.45, 2.75) is 26.3 Å². The van der Waals surface area contributed by atoms with Crippen LogP contribution in [0, 0.1) is 6.92 Å². The first-order valence-electron chi connectivity index (χ1n) is 7.86. The van der Waals surface area contributed by atoms with Crippen LogP contribution in [-0.4, -0.2) is 10.9 Å². The second-order valence-corrected chi connectivity index (χ2v) is 7.27. The molecule has 0 aliphatic heterocycles. The molecule has 0 unspecified atom stereocenters. The van der Waals surface area contributed by atoms with E-state index in [1.807, 2.05) is 68.6 Å². The van der Waals surface area contributed by atoms with Crippen LogP contribution in [-0.2, 0) is 5.54 Å². The Morgan fingerprint density at radius 2 is 1.96 bits per heavy atom. The van der Waals surface area contributed by atoms with Crippen molar-refractivity contribution in [1.82, 2.24) is 10.3 Å². The number of aromatic nitrogens is 1. The zero-order chi connectivity index (χ0) is 17.2. The van der Waals surface area contributed by atoms with E-state index in [9.17, 15) is 4.79 Å². The maximum absolute atomic E-state index is 12.9. The van der Waals surface area contributed by atoms with Gasteiger partial charge in [-0.15, -0.1) is 11.3 Å². The van der Waals surface area contributed by atoms with Crippen LogP contribution >= 0.6 is 11.3 Å². The van der Waals surface area contributed by atoms with E-state index in [2.05, 4.69) is 16.4 Å². The lowest BCUT2D eigenvalue weighted by atomic mass is 9.97. The molecule has 2 aromatic heterocycles. The number of thiophene rings is 1. The summed E-state index contributed by atoms with van der Waals surface area (Å²) >= 11 is 1.64. The first-order valence-corrected chi connectivity index (χ1v) is 8.74. The minimum Gasteiger partial charge on any atom is -0.341 e. The van der Waals surface area contributed by atoms with Crippen LogP contribution in [0.5, 0.6) is 0 Å². The highest BCUT2D eigenvalue weighted by Gasteiger charge is 2.26. The molecule has 0 bridgehead atoms. The standard InChI is InChI=1S/C20H20N2OS/c1-14-9-10-15(16(13-14)17-7-6-12-24-17)19(23)22-20(2,3)18-8-4-5-11-21-18/h4-13H,1-3H3,(H,22,23). The third-order valence-corrected chi connectivity index (χ3v) is 4.84. The molecule has 0 saturated carbocycles. The highest BCUT2D eigenvalue weighted by Crippen LogP contribution is 2.30. The maximum Gasteiger partial charge on any atom is 0.252 e. The van der Waals surface area contributed by atoms with Crippen molar-refractivity contribution in [3.8, 4) is 10.4 Å². The van der Waals surface area contributed by atoms with Crippen LogP contribution in [0.1, 0.15) is 35.5 Å². The van der Waals surface area contributed by atoms with E-state index in [1.165, 1.54) is 0 Å². The van der Waals surface area contributed by atoms with Crippen molar-refractivity contribution < 1.29 is 4.79 Å². The van der Waals surface area contributed by atoms with Gasteiger partial charge < -0.3 is 5.32 Å². The van der Waals surface area contributed by atoms with E-state index in [0.29, 0.717) is 5.56 Å². The molecule has 1 aromatic carbocycles. The fourth-order valence-electron chi connectivity index (χ4n) is 2.64. The molecule has 0 fully saturated rings. The second-order valence-electron chi connectivity index (χ2n) is 6.32. The Kier molecular flexibility index (Phi) is 4.49. The number of aryl methyl sites for hydroxylation is 1. The molecule has 3 aromatic rings. The lowest BCUT2D eigenvalue weighted by Gasteiger charge is -2.26. The predicted molar refractivity (Wildman–Crippen MR) is 99.2 cm³/mol. The number of amides is 1. The first-order chi connectivity index (χ1) is 11.5. The van der Waals surface area contributed by atoms with Crippen molar-refractivity contribution in [3.63, 3.8) is 0 Å². The number of carbonyl (C=O) groups is 1. The second kappa shape index (κ2) is 6.57. The predicted octanol–water partition coefficient (Wildman–Crippen LogP) is 4.78. The molecule has 3 nitrogen and oxygen atoms in total. The van der Waals surface area contributed by atoms with E-state index < -0.39 is 5.54 Å². The van der Waals surface area contributed by atoms with Crippen LogP contribution < -0.4 is 5.32 Å². The Morgan fingerprint density at radius 1 is 1.12 bits per heavy atom. The minimum atomic E-state index is -0.546. The van der Waals surface area contributed by atoms with Crippen molar-refractivity contribution in [2.24, 2.45) is 0 Å². The summed E-state index contributed by atoms with van der Waals surface area (Å²) in [5.74, 6) is -0.0888. The molecule has 122 valence electrons. The summed E-state index contributed by atoms with van der Waals surface area (Å²) in [6.07, 6.45) is 1.74. The van der Waals surface area contributed by atoms with Gasteiger partial charge in [-0.25, -0.2) is 0 Å². The summed E-state index contributed by atoms with van der Waals surface area (Å²) in [5.41, 5.74) is 3.09. The van der Waals surface area contributed by atoms with E-state index in [0.717, 1.165) is 21.7 Å². The molecular formula is C20H20N2OS. The monoisotopic (exact) mass is 336 g/mol. The van der Waals surface area contributed by atoms with Gasteiger partial charge in [0, 0.05) is 22.2 Å². The zero-order valence-corrected chi connectivity index (χ0v) is 14.9. The number of benzene rings is 1. The normalized spacial score (nSPS) is 11.3. The summed E-state index contributed by atoms with van der Waals surface area (Å²) in [6.45, 7) is 5.97. The molecule has 2 heterocycles. The minimum absolute atomic E-state index is 0.0888. The fraction of sp³-hybridized carbons (Fsp3) is 0.200. The largest absolute Gasteiger partial charge is 0.341 e. The smallest absolute Gasteiger partial charge is 0.252 e. The Balaban J connectivity index is 1.94. The molecule has 4 heteroatoms. The zero-order valence-electron chi connectivity index (χ0n) is 14.0. The van der Waals surface area contributed by atoms with Crippen LogP contribution in [0.4, 0.5) is 0 Å². The summed E-state index contributed by atoms with van der Waals surface area (Å²) in [7, 11) is 0. The SMILES string of the molecule is Cc1ccc(C(=O)NC(C)(C)c2ccccn2)c(-c2cccs2)c1. The van der Waals surface area contributed by atoms with Crippen LogP contribution in [0.2, 0.25) is 0 Å². The van der Waals surface area contributed by atoms with Gasteiger partial charge in [-0.05, 0) is 56.5 Å². The summed E-state index contributed by atoms with van der Waals surface area (Å²) in [4.78, 5) is 18.4. The lowest BCUT2D eigenvalue weighted by Crippen LogP contribution is -2.41. The molecule has 0 radical (unpaired) electrons. The molecular weight excluding hydrogens is 316 g/mol. The molecule has 3 rings (SSSR count). The third kappa shape index (κ3) is 3.39. The van der Waals surface area contributed by atoms with Gasteiger partial charge in [0.25, 0.3) is 5.91 Å². The molecule has 0 aliphatic carbocycles. The van der Waals surface area contributed by atoms with Gasteiger partial charge in [0.2, 0.25) is 0 Å². The molecule has 1 amide bonds.